The molecule has 0 aliphatic carbocycles. The molecule has 0 aliphatic heterocycles. The maximum atomic E-state index is 11.4. The fourth-order valence-corrected chi connectivity index (χ4v) is 2.50. The van der Waals surface area contributed by atoms with Crippen LogP contribution in [0, 0.1) is 0 Å². The van der Waals surface area contributed by atoms with E-state index in [0.717, 1.165) is 5.69 Å². The first-order valence-corrected chi connectivity index (χ1v) is 9.00. The second-order valence-electron chi connectivity index (χ2n) is 5.86. The van der Waals surface area contributed by atoms with Crippen LogP contribution in [0.15, 0.2) is 73.4 Å². The summed E-state index contributed by atoms with van der Waals surface area (Å²) in [6.45, 7) is 3.41. The van der Waals surface area contributed by atoms with Crippen LogP contribution in [0.5, 0.6) is 0 Å². The van der Waals surface area contributed by atoms with E-state index in [0.29, 0.717) is 28.2 Å². The molecule has 0 bridgehead atoms. The van der Waals surface area contributed by atoms with Gasteiger partial charge >= 0.3 is 0 Å². The zero-order valence-electron chi connectivity index (χ0n) is 15.3. The van der Waals surface area contributed by atoms with E-state index in [2.05, 4.69) is 37.8 Å². The lowest BCUT2D eigenvalue weighted by molar-refractivity contribution is -0.111. The van der Waals surface area contributed by atoms with Crippen LogP contribution >= 0.6 is 11.6 Å². The zero-order chi connectivity index (χ0) is 20.6. The zero-order valence-corrected chi connectivity index (χ0v) is 16.0. The smallest absolute Gasteiger partial charge is 0.247 e. The molecule has 0 fully saturated rings. The molecule has 1 aromatic heterocycles. The second kappa shape index (κ2) is 9.54. The van der Waals surface area contributed by atoms with Crippen LogP contribution in [-0.2, 0) is 4.79 Å². The van der Waals surface area contributed by atoms with Gasteiger partial charge in [0.2, 0.25) is 18.2 Å². The third kappa shape index (κ3) is 6.20. The average Bonchev–Trinajstić information content (AvgIpc) is 2.70. The standard InChI is InChI=1S/C20H19ClN6O2/c1-2-18(28)23-15-4-3-5-16(12-15)25-20(29)27-17-10-11-22-19(26-17)24-14-8-6-13(21)7-9-14/h2-12,20,25,29H,1H2,(H,23,28)(H2,22,24,26,27). The Morgan fingerprint density at radius 3 is 2.59 bits per heavy atom. The number of aliphatic hydroxyl groups is 1. The maximum absolute atomic E-state index is 11.4. The Balaban J connectivity index is 1.61. The number of nitrogens with zero attached hydrogens (tertiary/aromatic N) is 2. The second-order valence-corrected chi connectivity index (χ2v) is 6.30. The molecule has 2 aromatic carbocycles. The van der Waals surface area contributed by atoms with Gasteiger partial charge in [-0.3, -0.25) is 4.79 Å². The molecule has 3 rings (SSSR count). The van der Waals surface area contributed by atoms with Gasteiger partial charge < -0.3 is 26.4 Å². The number of hydrogen-bond donors (Lipinski definition) is 5. The Labute approximate surface area is 172 Å². The van der Waals surface area contributed by atoms with Crippen molar-refractivity contribution >= 4 is 46.3 Å². The van der Waals surface area contributed by atoms with Crippen LogP contribution in [0.3, 0.4) is 0 Å². The molecule has 0 saturated carbocycles. The van der Waals surface area contributed by atoms with Crippen LogP contribution < -0.4 is 21.3 Å². The Hall–Kier alpha value is -3.62. The number of rotatable bonds is 8. The molecule has 0 spiro atoms. The van der Waals surface area contributed by atoms with Crippen molar-refractivity contribution in [3.63, 3.8) is 0 Å². The van der Waals surface area contributed by atoms with Gasteiger partial charge in [0.05, 0.1) is 0 Å². The number of nitrogens with one attached hydrogen (secondary N) is 4. The number of halogens is 1. The van der Waals surface area contributed by atoms with E-state index in [1.165, 1.54) is 6.08 Å². The molecule has 9 heteroatoms. The van der Waals surface area contributed by atoms with Gasteiger partial charge in [-0.15, -0.1) is 0 Å². The average molecular weight is 411 g/mol. The molecule has 1 heterocycles. The van der Waals surface area contributed by atoms with Crippen molar-refractivity contribution in [1.29, 1.82) is 0 Å². The Kier molecular flexibility index (Phi) is 6.62. The number of hydrogen-bond acceptors (Lipinski definition) is 7. The molecule has 1 atom stereocenters. The quantitative estimate of drug-likeness (QED) is 0.283. The molecule has 1 unspecified atom stereocenters. The van der Waals surface area contributed by atoms with E-state index >= 15 is 0 Å². The summed E-state index contributed by atoms with van der Waals surface area (Å²) in [4.78, 5) is 19.9. The van der Waals surface area contributed by atoms with Crippen molar-refractivity contribution in [1.82, 2.24) is 9.97 Å². The van der Waals surface area contributed by atoms with Crippen molar-refractivity contribution in [3.05, 3.63) is 78.5 Å². The normalized spacial score (nSPS) is 11.2. The summed E-state index contributed by atoms with van der Waals surface area (Å²) in [6.07, 6.45) is 1.62. The van der Waals surface area contributed by atoms with E-state index in [1.807, 2.05) is 0 Å². The van der Waals surface area contributed by atoms with Gasteiger partial charge in [0.1, 0.15) is 5.82 Å². The molecule has 8 nitrogen and oxygen atoms in total. The summed E-state index contributed by atoms with van der Waals surface area (Å²) in [5.41, 5.74) is 1.95. The molecule has 148 valence electrons. The van der Waals surface area contributed by atoms with Crippen molar-refractivity contribution in [2.45, 2.75) is 6.35 Å². The summed E-state index contributed by atoms with van der Waals surface area (Å²) in [5, 5.41) is 22.3. The lowest BCUT2D eigenvalue weighted by Crippen LogP contribution is -2.28. The van der Waals surface area contributed by atoms with Crippen molar-refractivity contribution in [3.8, 4) is 0 Å². The SMILES string of the molecule is C=CC(=O)Nc1cccc(NC(O)Nc2ccnc(Nc3ccc(Cl)cc3)n2)c1. The summed E-state index contributed by atoms with van der Waals surface area (Å²) >= 11 is 5.88. The number of aliphatic hydroxyl groups excluding tert-OH is 1. The lowest BCUT2D eigenvalue weighted by atomic mass is 10.2. The highest BCUT2D eigenvalue weighted by molar-refractivity contribution is 6.30. The molecule has 0 saturated heterocycles. The molecule has 3 aromatic rings. The molecular weight excluding hydrogens is 392 g/mol. The number of aromatic nitrogens is 2. The number of carbonyl (C=O) groups is 1. The first-order valence-electron chi connectivity index (χ1n) is 8.62. The van der Waals surface area contributed by atoms with Gasteiger partial charge in [-0.25, -0.2) is 4.98 Å². The minimum atomic E-state index is -1.13. The van der Waals surface area contributed by atoms with Crippen molar-refractivity contribution in [2.75, 3.05) is 21.3 Å². The fraction of sp³-hybridized carbons (Fsp3) is 0.0500. The topological polar surface area (TPSA) is 111 Å². The third-order valence-corrected chi connectivity index (χ3v) is 3.91. The minimum absolute atomic E-state index is 0.317. The van der Waals surface area contributed by atoms with Gasteiger partial charge in [0.15, 0.2) is 0 Å². The third-order valence-electron chi connectivity index (χ3n) is 3.66. The van der Waals surface area contributed by atoms with Crippen LogP contribution in [0.1, 0.15) is 0 Å². The van der Waals surface area contributed by atoms with Crippen LogP contribution in [0.25, 0.3) is 0 Å². The lowest BCUT2D eigenvalue weighted by Gasteiger charge is -2.17. The Morgan fingerprint density at radius 1 is 1.07 bits per heavy atom. The summed E-state index contributed by atoms with van der Waals surface area (Å²) in [7, 11) is 0. The summed E-state index contributed by atoms with van der Waals surface area (Å²) in [6, 6.07) is 15.6. The van der Waals surface area contributed by atoms with E-state index in [-0.39, 0.29) is 5.91 Å². The van der Waals surface area contributed by atoms with E-state index in [4.69, 9.17) is 11.6 Å². The molecular formula is C20H19ClN6O2. The Bertz CT molecular complexity index is 996. The maximum Gasteiger partial charge on any atom is 0.247 e. The van der Waals surface area contributed by atoms with E-state index in [9.17, 15) is 9.90 Å². The number of benzene rings is 2. The molecule has 1 amide bonds. The summed E-state index contributed by atoms with van der Waals surface area (Å²) in [5.74, 6) is 0.453. The summed E-state index contributed by atoms with van der Waals surface area (Å²) < 4.78 is 0. The van der Waals surface area contributed by atoms with Gasteiger partial charge in [-0.2, -0.15) is 4.98 Å². The Morgan fingerprint density at radius 2 is 1.83 bits per heavy atom. The van der Waals surface area contributed by atoms with Crippen LogP contribution in [0.4, 0.5) is 28.8 Å². The van der Waals surface area contributed by atoms with Gasteiger partial charge in [0.25, 0.3) is 0 Å². The number of anilines is 5. The first kappa shape index (κ1) is 20.1. The fourth-order valence-electron chi connectivity index (χ4n) is 2.38. The molecule has 5 N–H and O–H groups in total. The van der Waals surface area contributed by atoms with Crippen molar-refractivity contribution in [2.24, 2.45) is 0 Å². The van der Waals surface area contributed by atoms with Crippen molar-refractivity contribution < 1.29 is 9.90 Å². The van der Waals surface area contributed by atoms with Gasteiger partial charge in [0, 0.05) is 28.3 Å². The van der Waals surface area contributed by atoms with Crippen LogP contribution in [-0.4, -0.2) is 27.3 Å². The van der Waals surface area contributed by atoms with E-state index < -0.39 is 6.35 Å². The molecule has 0 radical (unpaired) electrons. The van der Waals surface area contributed by atoms with E-state index in [1.54, 1.807) is 60.8 Å². The van der Waals surface area contributed by atoms with Gasteiger partial charge in [-0.1, -0.05) is 24.2 Å². The number of carbonyl (C=O) groups excluding carboxylic acids is 1. The van der Waals surface area contributed by atoms with Gasteiger partial charge in [-0.05, 0) is 54.6 Å². The highest BCUT2D eigenvalue weighted by Crippen LogP contribution is 2.18. The minimum Gasteiger partial charge on any atom is -0.357 e. The number of amides is 1. The highest BCUT2D eigenvalue weighted by Gasteiger charge is 2.07. The molecule has 29 heavy (non-hydrogen) atoms. The predicted molar refractivity (Wildman–Crippen MR) is 115 cm³/mol. The molecule has 0 aliphatic rings. The van der Waals surface area contributed by atoms with Crippen LogP contribution in [0.2, 0.25) is 5.02 Å². The largest absolute Gasteiger partial charge is 0.357 e. The first-order chi connectivity index (χ1) is 14.0. The monoisotopic (exact) mass is 410 g/mol. The predicted octanol–water partition coefficient (Wildman–Crippen LogP) is 3.80. The highest BCUT2D eigenvalue weighted by atomic mass is 35.5.